The summed E-state index contributed by atoms with van der Waals surface area (Å²) in [6.45, 7) is 1.64. The lowest BCUT2D eigenvalue weighted by Crippen LogP contribution is -2.17. The van der Waals surface area contributed by atoms with Gasteiger partial charge in [0.15, 0.2) is 0 Å². The van der Waals surface area contributed by atoms with E-state index in [0.29, 0.717) is 0 Å². The number of fused-ring (bicyclic) bond motifs is 1. The van der Waals surface area contributed by atoms with Gasteiger partial charge in [0.1, 0.15) is 6.07 Å². The molecule has 0 amide bonds. The van der Waals surface area contributed by atoms with Gasteiger partial charge in [0.2, 0.25) is 0 Å². The maximum atomic E-state index is 9.42. The summed E-state index contributed by atoms with van der Waals surface area (Å²) in [5, 5.41) is 11.6. The highest BCUT2D eigenvalue weighted by atomic mass is 79.9. The Bertz CT molecular complexity index is 812. The van der Waals surface area contributed by atoms with E-state index in [4.69, 9.17) is 0 Å². The third-order valence-electron chi connectivity index (χ3n) is 3.39. The summed E-state index contributed by atoms with van der Waals surface area (Å²) in [5.41, 5.74) is 4.10. The average molecular weight is 360 g/mol. The van der Waals surface area contributed by atoms with Gasteiger partial charge in [0.05, 0.1) is 14.9 Å². The minimum atomic E-state index is 0.762. The fourth-order valence-electron chi connectivity index (χ4n) is 2.51. The third kappa shape index (κ3) is 3.03. The van der Waals surface area contributed by atoms with E-state index < -0.39 is 0 Å². The number of hydrogen-bond donors (Lipinski definition) is 0. The standard InChI is InChI=1S/C16H14BrN3S/c1-19(8-12-6-16(17)21-11-12)9-13-10-20-5-3-2-4-15(20)14(13)7-18/h2-6,10-11H,8-9H2,1H3. The van der Waals surface area contributed by atoms with Crippen molar-refractivity contribution >= 4 is 32.8 Å². The zero-order chi connectivity index (χ0) is 14.8. The number of thiophene rings is 1. The summed E-state index contributed by atoms with van der Waals surface area (Å²) in [4.78, 5) is 2.23. The number of hydrogen-bond acceptors (Lipinski definition) is 3. The van der Waals surface area contributed by atoms with E-state index in [1.165, 1.54) is 5.56 Å². The van der Waals surface area contributed by atoms with Gasteiger partial charge in [-0.1, -0.05) is 6.07 Å². The average Bonchev–Trinajstić information content (AvgIpc) is 3.01. The highest BCUT2D eigenvalue weighted by Crippen LogP contribution is 2.23. The third-order valence-corrected chi connectivity index (χ3v) is 4.94. The van der Waals surface area contributed by atoms with Crippen LogP contribution < -0.4 is 0 Å². The summed E-state index contributed by atoms with van der Waals surface area (Å²) in [7, 11) is 2.08. The van der Waals surface area contributed by atoms with Crippen LogP contribution >= 0.6 is 27.3 Å². The summed E-state index contributed by atoms with van der Waals surface area (Å²) in [5.74, 6) is 0. The Labute approximate surface area is 136 Å². The van der Waals surface area contributed by atoms with Gasteiger partial charge in [-0.2, -0.15) is 5.26 Å². The molecule has 0 aliphatic carbocycles. The highest BCUT2D eigenvalue weighted by molar-refractivity contribution is 9.11. The minimum absolute atomic E-state index is 0.762. The second kappa shape index (κ2) is 6.02. The van der Waals surface area contributed by atoms with Gasteiger partial charge in [-0.15, -0.1) is 11.3 Å². The Morgan fingerprint density at radius 2 is 2.24 bits per heavy atom. The topological polar surface area (TPSA) is 31.4 Å². The van der Waals surface area contributed by atoms with Crippen LogP contribution in [-0.4, -0.2) is 16.3 Å². The Morgan fingerprint density at radius 1 is 1.38 bits per heavy atom. The van der Waals surface area contributed by atoms with Crippen LogP contribution in [0.3, 0.4) is 0 Å². The zero-order valence-corrected chi connectivity index (χ0v) is 14.0. The van der Waals surface area contributed by atoms with Crippen molar-refractivity contribution in [1.29, 1.82) is 5.26 Å². The summed E-state index contributed by atoms with van der Waals surface area (Å²) in [6, 6.07) is 10.4. The predicted molar refractivity (Wildman–Crippen MR) is 89.3 cm³/mol. The first-order valence-electron chi connectivity index (χ1n) is 6.57. The monoisotopic (exact) mass is 359 g/mol. The van der Waals surface area contributed by atoms with Crippen molar-refractivity contribution in [3.05, 3.63) is 62.5 Å². The molecule has 3 aromatic rings. The first-order chi connectivity index (χ1) is 10.2. The summed E-state index contributed by atoms with van der Waals surface area (Å²) >= 11 is 5.19. The number of nitriles is 1. The molecular formula is C16H14BrN3S. The van der Waals surface area contributed by atoms with E-state index in [2.05, 4.69) is 45.4 Å². The van der Waals surface area contributed by atoms with E-state index in [1.54, 1.807) is 11.3 Å². The van der Waals surface area contributed by atoms with Crippen LogP contribution in [0, 0.1) is 11.3 Å². The molecule has 0 radical (unpaired) electrons. The largest absolute Gasteiger partial charge is 0.322 e. The maximum Gasteiger partial charge on any atom is 0.102 e. The smallest absolute Gasteiger partial charge is 0.102 e. The lowest BCUT2D eigenvalue weighted by atomic mass is 10.1. The maximum absolute atomic E-state index is 9.42. The molecule has 0 unspecified atom stereocenters. The van der Waals surface area contributed by atoms with Crippen molar-refractivity contribution < 1.29 is 0 Å². The van der Waals surface area contributed by atoms with Crippen LogP contribution in [0.5, 0.6) is 0 Å². The minimum Gasteiger partial charge on any atom is -0.322 e. The molecule has 3 aromatic heterocycles. The molecule has 0 N–H and O–H groups in total. The lowest BCUT2D eigenvalue weighted by Gasteiger charge is -2.15. The van der Waals surface area contributed by atoms with Crippen molar-refractivity contribution in [3.63, 3.8) is 0 Å². The molecule has 3 nitrogen and oxygen atoms in total. The second-order valence-electron chi connectivity index (χ2n) is 5.07. The van der Waals surface area contributed by atoms with Crippen molar-refractivity contribution in [2.45, 2.75) is 13.1 Å². The molecule has 5 heteroatoms. The van der Waals surface area contributed by atoms with E-state index in [1.807, 2.05) is 35.0 Å². The predicted octanol–water partition coefficient (Wildman–Crippen LogP) is 4.27. The molecule has 3 rings (SSSR count). The SMILES string of the molecule is CN(Cc1csc(Br)c1)Cc1cn2ccccc2c1C#N. The Hall–Kier alpha value is -1.61. The van der Waals surface area contributed by atoms with Crippen molar-refractivity contribution in [3.8, 4) is 6.07 Å². The first-order valence-corrected chi connectivity index (χ1v) is 8.25. The number of aromatic nitrogens is 1. The first kappa shape index (κ1) is 14.3. The number of nitrogens with zero attached hydrogens (tertiary/aromatic N) is 3. The van der Waals surface area contributed by atoms with Crippen molar-refractivity contribution in [2.75, 3.05) is 7.05 Å². The van der Waals surface area contributed by atoms with Crippen LogP contribution in [0.2, 0.25) is 0 Å². The molecule has 0 aliphatic rings. The van der Waals surface area contributed by atoms with Gasteiger partial charge >= 0.3 is 0 Å². The van der Waals surface area contributed by atoms with Gasteiger partial charge < -0.3 is 4.40 Å². The van der Waals surface area contributed by atoms with Crippen LogP contribution in [0.25, 0.3) is 5.52 Å². The Kier molecular flexibility index (Phi) is 4.11. The van der Waals surface area contributed by atoms with Gasteiger partial charge in [-0.05, 0) is 52.1 Å². The Morgan fingerprint density at radius 3 is 2.95 bits per heavy atom. The molecule has 21 heavy (non-hydrogen) atoms. The van der Waals surface area contributed by atoms with Crippen molar-refractivity contribution in [2.24, 2.45) is 0 Å². The molecule has 0 bridgehead atoms. The van der Waals surface area contributed by atoms with Crippen LogP contribution in [0.4, 0.5) is 0 Å². The molecule has 0 aliphatic heterocycles. The molecule has 0 saturated carbocycles. The van der Waals surface area contributed by atoms with E-state index in [9.17, 15) is 5.26 Å². The molecule has 0 aromatic carbocycles. The fourth-order valence-corrected chi connectivity index (χ4v) is 3.71. The molecule has 0 spiro atoms. The van der Waals surface area contributed by atoms with Gasteiger partial charge in [-0.3, -0.25) is 4.90 Å². The number of rotatable bonds is 4. The normalized spacial score (nSPS) is 11.1. The summed E-state index contributed by atoms with van der Waals surface area (Å²) in [6.07, 6.45) is 4.03. The molecule has 106 valence electrons. The molecule has 0 atom stereocenters. The van der Waals surface area contributed by atoms with E-state index in [-0.39, 0.29) is 0 Å². The van der Waals surface area contributed by atoms with Crippen molar-refractivity contribution in [1.82, 2.24) is 9.30 Å². The fraction of sp³-hybridized carbons (Fsp3) is 0.188. The van der Waals surface area contributed by atoms with Gasteiger partial charge in [0, 0.05) is 31.0 Å². The highest BCUT2D eigenvalue weighted by Gasteiger charge is 2.12. The van der Waals surface area contributed by atoms with Gasteiger partial charge in [-0.25, -0.2) is 0 Å². The molecule has 0 saturated heterocycles. The van der Waals surface area contributed by atoms with Crippen LogP contribution in [-0.2, 0) is 13.1 Å². The zero-order valence-electron chi connectivity index (χ0n) is 11.6. The molecular weight excluding hydrogens is 346 g/mol. The Balaban J connectivity index is 1.82. The van der Waals surface area contributed by atoms with E-state index in [0.717, 1.165) is 33.5 Å². The second-order valence-corrected chi connectivity index (χ2v) is 7.36. The lowest BCUT2D eigenvalue weighted by molar-refractivity contribution is 0.319. The molecule has 3 heterocycles. The van der Waals surface area contributed by atoms with E-state index >= 15 is 0 Å². The van der Waals surface area contributed by atoms with Crippen LogP contribution in [0.1, 0.15) is 16.7 Å². The number of pyridine rings is 1. The number of halogens is 1. The molecule has 0 fully saturated rings. The quantitative estimate of drug-likeness (QED) is 0.696. The van der Waals surface area contributed by atoms with Gasteiger partial charge in [0.25, 0.3) is 0 Å². The summed E-state index contributed by atoms with van der Waals surface area (Å²) < 4.78 is 3.17. The van der Waals surface area contributed by atoms with Crippen LogP contribution in [0.15, 0.2) is 45.8 Å².